The predicted molar refractivity (Wildman–Crippen MR) is 83.7 cm³/mol. The van der Waals surface area contributed by atoms with E-state index in [9.17, 15) is 5.11 Å². The number of benzene rings is 3. The third kappa shape index (κ3) is 2.30. The summed E-state index contributed by atoms with van der Waals surface area (Å²) in [6.45, 7) is 2.08. The van der Waals surface area contributed by atoms with Crippen molar-refractivity contribution in [1.82, 2.24) is 0 Å². The highest BCUT2D eigenvalue weighted by Gasteiger charge is 2.09. The Hall–Kier alpha value is -2.54. The van der Waals surface area contributed by atoms with Crippen LogP contribution in [0.4, 0.5) is 0 Å². The van der Waals surface area contributed by atoms with Gasteiger partial charge in [-0.25, -0.2) is 0 Å². The van der Waals surface area contributed by atoms with Crippen molar-refractivity contribution in [2.75, 3.05) is 0 Å². The normalized spacial score (nSPS) is 10.4. The smallest absolute Gasteiger partial charge is 0.123 e. The van der Waals surface area contributed by atoms with Crippen LogP contribution >= 0.6 is 0 Å². The Morgan fingerprint density at radius 1 is 0.600 bits per heavy atom. The van der Waals surface area contributed by atoms with Gasteiger partial charge in [0, 0.05) is 5.56 Å². The van der Waals surface area contributed by atoms with Crippen molar-refractivity contribution in [3.8, 4) is 28.0 Å². The van der Waals surface area contributed by atoms with Gasteiger partial charge in [-0.15, -0.1) is 0 Å². The highest BCUT2D eigenvalue weighted by Crippen LogP contribution is 2.36. The van der Waals surface area contributed by atoms with Gasteiger partial charge in [0.15, 0.2) is 0 Å². The topological polar surface area (TPSA) is 20.2 Å². The van der Waals surface area contributed by atoms with Gasteiger partial charge in [0.05, 0.1) is 0 Å². The number of aryl methyl sites for hydroxylation is 1. The maximum atomic E-state index is 10.1. The molecule has 3 aromatic carbocycles. The molecule has 0 heterocycles. The van der Waals surface area contributed by atoms with Gasteiger partial charge >= 0.3 is 0 Å². The Morgan fingerprint density at radius 3 is 1.80 bits per heavy atom. The van der Waals surface area contributed by atoms with Crippen LogP contribution in [-0.2, 0) is 0 Å². The molecule has 0 saturated heterocycles. The molecule has 0 bridgehead atoms. The molecule has 0 radical (unpaired) electrons. The molecule has 0 atom stereocenters. The van der Waals surface area contributed by atoms with Crippen molar-refractivity contribution in [3.05, 3.63) is 78.4 Å². The molecule has 3 rings (SSSR count). The molecule has 20 heavy (non-hydrogen) atoms. The highest BCUT2D eigenvalue weighted by molar-refractivity contribution is 5.85. The van der Waals surface area contributed by atoms with Gasteiger partial charge in [0.25, 0.3) is 0 Å². The minimum atomic E-state index is 0.312. The second kappa shape index (κ2) is 5.22. The summed E-state index contributed by atoms with van der Waals surface area (Å²) in [6.07, 6.45) is 0. The summed E-state index contributed by atoms with van der Waals surface area (Å²) in [5.41, 5.74) is 5.45. The molecule has 0 aliphatic heterocycles. The number of phenols is 1. The maximum Gasteiger partial charge on any atom is 0.123 e. The van der Waals surface area contributed by atoms with Crippen molar-refractivity contribution in [2.45, 2.75) is 6.92 Å². The third-order valence-corrected chi connectivity index (χ3v) is 3.48. The van der Waals surface area contributed by atoms with Gasteiger partial charge in [0.1, 0.15) is 5.75 Å². The van der Waals surface area contributed by atoms with E-state index in [0.29, 0.717) is 5.75 Å². The summed E-state index contributed by atoms with van der Waals surface area (Å²) in [5.74, 6) is 0.312. The first kappa shape index (κ1) is 12.5. The van der Waals surface area contributed by atoms with Gasteiger partial charge in [-0.05, 0) is 29.7 Å². The van der Waals surface area contributed by atoms with Crippen molar-refractivity contribution < 1.29 is 5.11 Å². The van der Waals surface area contributed by atoms with E-state index >= 15 is 0 Å². The van der Waals surface area contributed by atoms with Crippen molar-refractivity contribution >= 4 is 0 Å². The van der Waals surface area contributed by atoms with E-state index in [0.717, 1.165) is 22.3 Å². The Kier molecular flexibility index (Phi) is 3.26. The summed E-state index contributed by atoms with van der Waals surface area (Å²) in [4.78, 5) is 0. The van der Waals surface area contributed by atoms with Gasteiger partial charge in [-0.3, -0.25) is 0 Å². The average Bonchev–Trinajstić information content (AvgIpc) is 2.49. The van der Waals surface area contributed by atoms with Crippen LogP contribution in [0.3, 0.4) is 0 Å². The van der Waals surface area contributed by atoms with Crippen LogP contribution in [-0.4, -0.2) is 5.11 Å². The quantitative estimate of drug-likeness (QED) is 0.684. The molecule has 0 aliphatic rings. The molecular weight excluding hydrogens is 244 g/mol. The average molecular weight is 260 g/mol. The van der Waals surface area contributed by atoms with Gasteiger partial charge < -0.3 is 5.11 Å². The molecule has 0 amide bonds. The van der Waals surface area contributed by atoms with Crippen molar-refractivity contribution in [1.29, 1.82) is 0 Å². The Labute approximate surface area is 119 Å². The SMILES string of the molecule is Cc1ccc(-c2ccccc2-c2ccccc2O)cc1. The number of phenolic OH excluding ortho intramolecular Hbond substituents is 1. The van der Waals surface area contributed by atoms with Gasteiger partial charge in [-0.1, -0.05) is 72.3 Å². The van der Waals surface area contributed by atoms with Gasteiger partial charge in [0.2, 0.25) is 0 Å². The van der Waals surface area contributed by atoms with Crippen LogP contribution < -0.4 is 0 Å². The molecule has 3 aromatic rings. The molecule has 0 unspecified atom stereocenters. The molecule has 0 aliphatic carbocycles. The molecule has 0 spiro atoms. The summed E-state index contributed by atoms with van der Waals surface area (Å²) in [7, 11) is 0. The van der Waals surface area contributed by atoms with Crippen LogP contribution in [0.2, 0.25) is 0 Å². The lowest BCUT2D eigenvalue weighted by molar-refractivity contribution is 0.477. The first-order chi connectivity index (χ1) is 9.75. The fourth-order valence-corrected chi connectivity index (χ4v) is 2.40. The minimum absolute atomic E-state index is 0.312. The fraction of sp³-hybridized carbons (Fsp3) is 0.0526. The van der Waals surface area contributed by atoms with Crippen LogP contribution in [0.5, 0.6) is 5.75 Å². The molecular formula is C19H16O. The van der Waals surface area contributed by atoms with Gasteiger partial charge in [-0.2, -0.15) is 0 Å². The van der Waals surface area contributed by atoms with Crippen LogP contribution in [0.25, 0.3) is 22.3 Å². The van der Waals surface area contributed by atoms with Crippen LogP contribution in [0, 0.1) is 6.92 Å². The summed E-state index contributed by atoms with van der Waals surface area (Å²) >= 11 is 0. The Balaban J connectivity index is 2.19. The van der Waals surface area contributed by atoms with Crippen molar-refractivity contribution in [2.24, 2.45) is 0 Å². The van der Waals surface area contributed by atoms with E-state index in [-0.39, 0.29) is 0 Å². The minimum Gasteiger partial charge on any atom is -0.507 e. The molecule has 0 saturated carbocycles. The number of hydrogen-bond donors (Lipinski definition) is 1. The predicted octanol–water partition coefficient (Wildman–Crippen LogP) is 5.03. The molecule has 0 fully saturated rings. The number of aromatic hydroxyl groups is 1. The standard InChI is InChI=1S/C19H16O/c1-14-10-12-15(13-11-14)16-6-2-3-7-17(16)18-8-4-5-9-19(18)20/h2-13,20H,1H3. The number of para-hydroxylation sites is 1. The summed E-state index contributed by atoms with van der Waals surface area (Å²) < 4.78 is 0. The molecule has 98 valence electrons. The first-order valence-electron chi connectivity index (χ1n) is 6.70. The van der Waals surface area contributed by atoms with E-state index in [1.165, 1.54) is 5.56 Å². The number of rotatable bonds is 2. The summed E-state index contributed by atoms with van der Waals surface area (Å²) in [5, 5.41) is 10.1. The second-order valence-electron chi connectivity index (χ2n) is 4.93. The lowest BCUT2D eigenvalue weighted by Gasteiger charge is -2.11. The van der Waals surface area contributed by atoms with Crippen molar-refractivity contribution in [3.63, 3.8) is 0 Å². The highest BCUT2D eigenvalue weighted by atomic mass is 16.3. The lowest BCUT2D eigenvalue weighted by Crippen LogP contribution is -1.85. The zero-order chi connectivity index (χ0) is 13.9. The number of hydrogen-bond acceptors (Lipinski definition) is 1. The van der Waals surface area contributed by atoms with Crippen LogP contribution in [0.15, 0.2) is 72.8 Å². The third-order valence-electron chi connectivity index (χ3n) is 3.48. The molecule has 1 N–H and O–H groups in total. The largest absolute Gasteiger partial charge is 0.507 e. The van der Waals surface area contributed by atoms with E-state index in [1.54, 1.807) is 6.07 Å². The molecule has 1 nitrogen and oxygen atoms in total. The van der Waals surface area contributed by atoms with E-state index in [4.69, 9.17) is 0 Å². The second-order valence-corrected chi connectivity index (χ2v) is 4.93. The zero-order valence-electron chi connectivity index (χ0n) is 11.4. The Morgan fingerprint density at radius 2 is 1.15 bits per heavy atom. The fourth-order valence-electron chi connectivity index (χ4n) is 2.40. The van der Waals surface area contributed by atoms with E-state index < -0.39 is 0 Å². The Bertz CT molecular complexity index is 727. The molecule has 1 heteroatoms. The monoisotopic (exact) mass is 260 g/mol. The van der Waals surface area contributed by atoms with E-state index in [2.05, 4.69) is 37.3 Å². The lowest BCUT2D eigenvalue weighted by atomic mass is 9.94. The van der Waals surface area contributed by atoms with E-state index in [1.807, 2.05) is 36.4 Å². The molecule has 0 aromatic heterocycles. The van der Waals surface area contributed by atoms with Crippen LogP contribution in [0.1, 0.15) is 5.56 Å². The zero-order valence-corrected chi connectivity index (χ0v) is 11.4. The maximum absolute atomic E-state index is 10.1. The first-order valence-corrected chi connectivity index (χ1v) is 6.70. The summed E-state index contributed by atoms with van der Waals surface area (Å²) in [6, 6.07) is 24.1.